The van der Waals surface area contributed by atoms with E-state index in [1.165, 1.54) is 0 Å². The van der Waals surface area contributed by atoms with Crippen molar-refractivity contribution >= 4 is 5.91 Å². The first-order chi connectivity index (χ1) is 9.71. The molecule has 3 N–H and O–H groups in total. The third-order valence-corrected chi connectivity index (χ3v) is 4.62. The molecule has 4 nitrogen and oxygen atoms in total. The summed E-state index contributed by atoms with van der Waals surface area (Å²) >= 11 is 0. The van der Waals surface area contributed by atoms with Crippen molar-refractivity contribution in [1.82, 2.24) is 10.2 Å². The van der Waals surface area contributed by atoms with Gasteiger partial charge in [0.15, 0.2) is 0 Å². The minimum atomic E-state index is -4.08. The van der Waals surface area contributed by atoms with Crippen molar-refractivity contribution in [1.29, 1.82) is 0 Å². The molecular weight excluding hydrogens is 283 g/mol. The molecule has 1 heterocycles. The van der Waals surface area contributed by atoms with E-state index >= 15 is 0 Å². The second kappa shape index (κ2) is 6.12. The van der Waals surface area contributed by atoms with Gasteiger partial charge in [0, 0.05) is 12.6 Å². The van der Waals surface area contributed by atoms with Gasteiger partial charge in [-0.05, 0) is 52.1 Å². The van der Waals surface area contributed by atoms with Gasteiger partial charge in [0.2, 0.25) is 5.91 Å². The summed E-state index contributed by atoms with van der Waals surface area (Å²) in [7, 11) is 0. The molecule has 0 spiro atoms. The number of hydrogen-bond donors (Lipinski definition) is 2. The highest BCUT2D eigenvalue weighted by Gasteiger charge is 2.42. The lowest BCUT2D eigenvalue weighted by Crippen LogP contribution is -2.55. The van der Waals surface area contributed by atoms with Crippen LogP contribution in [-0.2, 0) is 4.79 Å². The van der Waals surface area contributed by atoms with Crippen molar-refractivity contribution in [2.45, 2.75) is 56.8 Å². The molecule has 0 aromatic rings. The normalized spacial score (nSPS) is 24.8. The smallest absolute Gasteiger partial charge is 0.368 e. The highest BCUT2D eigenvalue weighted by atomic mass is 19.4. The first-order valence-electron chi connectivity index (χ1n) is 7.57. The van der Waals surface area contributed by atoms with Crippen molar-refractivity contribution in [3.63, 3.8) is 0 Å². The fourth-order valence-corrected chi connectivity index (χ4v) is 2.81. The Kier molecular flexibility index (Phi) is 4.82. The van der Waals surface area contributed by atoms with Gasteiger partial charge < -0.3 is 16.0 Å². The van der Waals surface area contributed by atoms with Crippen LogP contribution in [0.3, 0.4) is 0 Å². The minimum Gasteiger partial charge on any atom is -0.368 e. The summed E-state index contributed by atoms with van der Waals surface area (Å²) in [5, 5.41) is 3.26. The zero-order valence-electron chi connectivity index (χ0n) is 12.4. The average Bonchev–Trinajstić information content (AvgIpc) is 3.19. The van der Waals surface area contributed by atoms with E-state index in [1.807, 2.05) is 4.90 Å². The molecular formula is C14H24F3N3O. The molecule has 1 aliphatic carbocycles. The standard InChI is InChI=1S/C14H24F3N3O/c1-13(12(18)21,19-11-2-3-11)6-9-20-7-4-10(5-8-20)14(15,16)17/h10-11,19H,2-9H2,1H3,(H2,18,21). The van der Waals surface area contributed by atoms with E-state index in [9.17, 15) is 18.0 Å². The highest BCUT2D eigenvalue weighted by molar-refractivity contribution is 5.84. The lowest BCUT2D eigenvalue weighted by atomic mass is 9.93. The highest BCUT2D eigenvalue weighted by Crippen LogP contribution is 2.34. The number of hydrogen-bond acceptors (Lipinski definition) is 3. The van der Waals surface area contributed by atoms with E-state index in [4.69, 9.17) is 5.73 Å². The maximum absolute atomic E-state index is 12.6. The number of nitrogens with zero attached hydrogens (tertiary/aromatic N) is 1. The van der Waals surface area contributed by atoms with Gasteiger partial charge in [0.05, 0.1) is 11.5 Å². The van der Waals surface area contributed by atoms with E-state index in [1.54, 1.807) is 6.92 Å². The van der Waals surface area contributed by atoms with Crippen molar-refractivity contribution in [2.24, 2.45) is 11.7 Å². The molecule has 122 valence electrons. The van der Waals surface area contributed by atoms with Crippen LogP contribution in [0, 0.1) is 5.92 Å². The van der Waals surface area contributed by atoms with Crippen LogP contribution in [0.4, 0.5) is 13.2 Å². The lowest BCUT2D eigenvalue weighted by Gasteiger charge is -2.35. The van der Waals surface area contributed by atoms with E-state index in [2.05, 4.69) is 5.32 Å². The summed E-state index contributed by atoms with van der Waals surface area (Å²) in [4.78, 5) is 13.6. The average molecular weight is 307 g/mol. The fourth-order valence-electron chi connectivity index (χ4n) is 2.81. The first-order valence-corrected chi connectivity index (χ1v) is 7.57. The molecule has 0 aromatic heterocycles. The molecule has 2 rings (SSSR count). The first kappa shape index (κ1) is 16.5. The number of nitrogens with one attached hydrogen (secondary N) is 1. The van der Waals surface area contributed by atoms with E-state index < -0.39 is 17.6 Å². The van der Waals surface area contributed by atoms with E-state index in [0.717, 1.165) is 12.8 Å². The predicted molar refractivity (Wildman–Crippen MR) is 73.6 cm³/mol. The van der Waals surface area contributed by atoms with Gasteiger partial charge >= 0.3 is 6.18 Å². The van der Waals surface area contributed by atoms with Crippen LogP contribution >= 0.6 is 0 Å². The molecule has 0 radical (unpaired) electrons. The number of likely N-dealkylation sites (tertiary alicyclic amines) is 1. The molecule has 1 saturated heterocycles. The third kappa shape index (κ3) is 4.57. The molecule has 1 aliphatic heterocycles. The van der Waals surface area contributed by atoms with Gasteiger partial charge in [-0.15, -0.1) is 0 Å². The van der Waals surface area contributed by atoms with Crippen molar-refractivity contribution in [2.75, 3.05) is 19.6 Å². The second-order valence-electron chi connectivity index (χ2n) is 6.52. The van der Waals surface area contributed by atoms with Crippen molar-refractivity contribution in [3.8, 4) is 0 Å². The maximum Gasteiger partial charge on any atom is 0.391 e. The minimum absolute atomic E-state index is 0.146. The van der Waals surface area contributed by atoms with Crippen molar-refractivity contribution < 1.29 is 18.0 Å². The molecule has 0 bridgehead atoms. The molecule has 0 aromatic carbocycles. The molecule has 1 saturated carbocycles. The topological polar surface area (TPSA) is 58.4 Å². The summed E-state index contributed by atoms with van der Waals surface area (Å²) in [5.74, 6) is -1.57. The van der Waals surface area contributed by atoms with E-state index in [-0.39, 0.29) is 18.7 Å². The largest absolute Gasteiger partial charge is 0.391 e. The summed E-state index contributed by atoms with van der Waals surface area (Å²) < 4.78 is 37.8. The lowest BCUT2D eigenvalue weighted by molar-refractivity contribution is -0.185. The van der Waals surface area contributed by atoms with Gasteiger partial charge in [-0.25, -0.2) is 0 Å². The van der Waals surface area contributed by atoms with Gasteiger partial charge in [0.1, 0.15) is 0 Å². The van der Waals surface area contributed by atoms with Crippen molar-refractivity contribution in [3.05, 3.63) is 0 Å². The Hall–Kier alpha value is -0.820. The van der Waals surface area contributed by atoms with Crippen LogP contribution in [-0.4, -0.2) is 48.2 Å². The quantitative estimate of drug-likeness (QED) is 0.784. The molecule has 1 amide bonds. The summed E-state index contributed by atoms with van der Waals surface area (Å²) in [5.41, 5.74) is 4.71. The Morgan fingerprint density at radius 2 is 1.81 bits per heavy atom. The van der Waals surface area contributed by atoms with Crippen LogP contribution < -0.4 is 11.1 Å². The number of alkyl halides is 3. The molecule has 2 aliphatic rings. The maximum atomic E-state index is 12.6. The Morgan fingerprint density at radius 3 is 2.24 bits per heavy atom. The van der Waals surface area contributed by atoms with Crippen LogP contribution in [0.25, 0.3) is 0 Å². The van der Waals surface area contributed by atoms with Gasteiger partial charge in [-0.2, -0.15) is 13.2 Å². The van der Waals surface area contributed by atoms with Gasteiger partial charge in [0.25, 0.3) is 0 Å². The SMILES string of the molecule is CC(CCN1CCC(C(F)(F)F)CC1)(NC1CC1)C(N)=O. The summed E-state index contributed by atoms with van der Waals surface area (Å²) in [6, 6.07) is 0.360. The summed E-state index contributed by atoms with van der Waals surface area (Å²) in [6.45, 7) is 3.25. The van der Waals surface area contributed by atoms with Crippen LogP contribution in [0.1, 0.15) is 39.0 Å². The number of halogens is 3. The van der Waals surface area contributed by atoms with Crippen LogP contribution in [0.2, 0.25) is 0 Å². The number of piperidine rings is 1. The molecule has 21 heavy (non-hydrogen) atoms. The zero-order valence-corrected chi connectivity index (χ0v) is 12.4. The molecule has 1 unspecified atom stereocenters. The van der Waals surface area contributed by atoms with Gasteiger partial charge in [-0.1, -0.05) is 0 Å². The Balaban J connectivity index is 1.78. The zero-order chi connectivity index (χ0) is 15.7. The molecule has 7 heteroatoms. The number of rotatable bonds is 6. The van der Waals surface area contributed by atoms with E-state index in [0.29, 0.717) is 32.1 Å². The molecule has 1 atom stereocenters. The van der Waals surface area contributed by atoms with Crippen LogP contribution in [0.5, 0.6) is 0 Å². The monoisotopic (exact) mass is 307 g/mol. The summed E-state index contributed by atoms with van der Waals surface area (Å²) in [6.07, 6.45) is -1.14. The fraction of sp³-hybridized carbons (Fsp3) is 0.929. The number of carbonyl (C=O) groups is 1. The second-order valence-corrected chi connectivity index (χ2v) is 6.52. The number of amides is 1. The number of carbonyl (C=O) groups excluding carboxylic acids is 1. The number of nitrogens with two attached hydrogens (primary N) is 1. The Morgan fingerprint density at radius 1 is 1.24 bits per heavy atom. The Bertz CT molecular complexity index is 376. The molecule has 2 fully saturated rings. The Labute approximate surface area is 123 Å². The van der Waals surface area contributed by atoms with Gasteiger partial charge in [-0.3, -0.25) is 4.79 Å². The number of primary amides is 1. The van der Waals surface area contributed by atoms with Crippen LogP contribution in [0.15, 0.2) is 0 Å². The predicted octanol–water partition coefficient (Wildman–Crippen LogP) is 1.65. The third-order valence-electron chi connectivity index (χ3n) is 4.62.